The molecule has 0 saturated carbocycles. The quantitative estimate of drug-likeness (QED) is 0.791. The first-order chi connectivity index (χ1) is 12.0. The molecule has 2 rings (SSSR count). The second-order valence-corrected chi connectivity index (χ2v) is 5.55. The van der Waals surface area contributed by atoms with Gasteiger partial charge in [0, 0.05) is 11.3 Å². The molecule has 0 bridgehead atoms. The smallest absolute Gasteiger partial charge is 0.408 e. The molecule has 0 aromatic heterocycles. The van der Waals surface area contributed by atoms with E-state index in [1.807, 2.05) is 30.3 Å². The number of amides is 2. The minimum absolute atomic E-state index is 0.0472. The van der Waals surface area contributed by atoms with Gasteiger partial charge in [0.2, 0.25) is 5.91 Å². The highest BCUT2D eigenvalue weighted by atomic mass is 16.5. The van der Waals surface area contributed by atoms with Crippen molar-refractivity contribution in [3.05, 3.63) is 65.7 Å². The molecule has 0 heterocycles. The van der Waals surface area contributed by atoms with Crippen molar-refractivity contribution in [1.29, 1.82) is 0 Å². The fourth-order valence-corrected chi connectivity index (χ4v) is 2.05. The van der Waals surface area contributed by atoms with E-state index in [0.29, 0.717) is 11.3 Å². The third-order valence-corrected chi connectivity index (χ3v) is 3.50. The van der Waals surface area contributed by atoms with Crippen molar-refractivity contribution in [1.82, 2.24) is 5.32 Å². The van der Waals surface area contributed by atoms with Crippen LogP contribution in [0.3, 0.4) is 0 Å². The normalized spacial score (nSPS) is 11.3. The minimum Gasteiger partial charge on any atom is -0.445 e. The predicted molar refractivity (Wildman–Crippen MR) is 94.3 cm³/mol. The maximum absolute atomic E-state index is 12.1. The monoisotopic (exact) mass is 340 g/mol. The lowest BCUT2D eigenvalue weighted by molar-refractivity contribution is -0.117. The summed E-state index contributed by atoms with van der Waals surface area (Å²) in [5.41, 5.74) is 1.97. The van der Waals surface area contributed by atoms with Crippen LogP contribution in [0.2, 0.25) is 0 Å². The van der Waals surface area contributed by atoms with Crippen LogP contribution >= 0.6 is 0 Å². The van der Waals surface area contributed by atoms with Gasteiger partial charge in [-0.2, -0.15) is 0 Å². The summed E-state index contributed by atoms with van der Waals surface area (Å²) in [6.45, 7) is 3.16. The summed E-state index contributed by atoms with van der Waals surface area (Å²) in [5.74, 6) is -0.429. The average Bonchev–Trinajstić information content (AvgIpc) is 2.61. The number of carbonyl (C=O) groups excluding carboxylic acids is 3. The SMILES string of the molecule is CC(=O)c1ccc(NC(=O)[C@H](C)NC(=O)OCc2ccccc2)cc1. The molecule has 2 aromatic rings. The number of Topliss-reactive ketones (excluding diaryl/α,β-unsaturated/α-hetero) is 1. The molecule has 0 fully saturated rings. The molecule has 0 spiro atoms. The lowest BCUT2D eigenvalue weighted by atomic mass is 10.1. The number of carbonyl (C=O) groups is 3. The molecular weight excluding hydrogens is 320 g/mol. The summed E-state index contributed by atoms with van der Waals surface area (Å²) in [4.78, 5) is 35.1. The molecule has 0 aliphatic rings. The Morgan fingerprint density at radius 3 is 2.24 bits per heavy atom. The Balaban J connectivity index is 1.81. The summed E-state index contributed by atoms with van der Waals surface area (Å²) in [5, 5.41) is 5.14. The number of alkyl carbamates (subject to hydrolysis) is 1. The van der Waals surface area contributed by atoms with Crippen LogP contribution in [0.4, 0.5) is 10.5 Å². The number of rotatable bonds is 6. The second-order valence-electron chi connectivity index (χ2n) is 5.55. The van der Waals surface area contributed by atoms with Gasteiger partial charge in [-0.3, -0.25) is 9.59 Å². The standard InChI is InChI=1S/C19H20N2O4/c1-13(20-19(24)25-12-15-6-4-3-5-7-15)18(23)21-17-10-8-16(9-11-17)14(2)22/h3-11,13H,12H2,1-2H3,(H,20,24)(H,21,23)/t13-/m0/s1. The summed E-state index contributed by atoms with van der Waals surface area (Å²) >= 11 is 0. The van der Waals surface area contributed by atoms with Crippen molar-refractivity contribution in [2.24, 2.45) is 0 Å². The predicted octanol–water partition coefficient (Wildman–Crippen LogP) is 3.14. The van der Waals surface area contributed by atoms with Crippen LogP contribution in [0.15, 0.2) is 54.6 Å². The number of benzene rings is 2. The topological polar surface area (TPSA) is 84.5 Å². The summed E-state index contributed by atoms with van der Waals surface area (Å²) < 4.78 is 5.07. The van der Waals surface area contributed by atoms with E-state index in [9.17, 15) is 14.4 Å². The van der Waals surface area contributed by atoms with Crippen molar-refractivity contribution in [3.8, 4) is 0 Å². The number of hydrogen-bond acceptors (Lipinski definition) is 4. The van der Waals surface area contributed by atoms with E-state index in [2.05, 4.69) is 10.6 Å². The Hall–Kier alpha value is -3.15. The van der Waals surface area contributed by atoms with Crippen molar-refractivity contribution in [2.45, 2.75) is 26.5 Å². The van der Waals surface area contributed by atoms with E-state index in [1.54, 1.807) is 31.2 Å². The highest BCUT2D eigenvalue weighted by molar-refractivity contribution is 5.97. The van der Waals surface area contributed by atoms with Crippen molar-refractivity contribution in [2.75, 3.05) is 5.32 Å². The summed E-state index contributed by atoms with van der Waals surface area (Å²) in [7, 11) is 0. The molecule has 2 N–H and O–H groups in total. The first-order valence-electron chi connectivity index (χ1n) is 7.85. The van der Waals surface area contributed by atoms with Crippen LogP contribution in [-0.4, -0.2) is 23.8 Å². The van der Waals surface area contributed by atoms with E-state index < -0.39 is 12.1 Å². The molecular formula is C19H20N2O4. The van der Waals surface area contributed by atoms with E-state index >= 15 is 0 Å². The Morgan fingerprint density at radius 1 is 1.00 bits per heavy atom. The fraction of sp³-hybridized carbons (Fsp3) is 0.211. The fourth-order valence-electron chi connectivity index (χ4n) is 2.05. The van der Waals surface area contributed by atoms with Crippen LogP contribution in [0.1, 0.15) is 29.8 Å². The van der Waals surface area contributed by atoms with Crippen LogP contribution in [0.5, 0.6) is 0 Å². The lowest BCUT2D eigenvalue weighted by Crippen LogP contribution is -2.41. The molecule has 2 amide bonds. The Morgan fingerprint density at radius 2 is 1.64 bits per heavy atom. The van der Waals surface area contributed by atoms with Gasteiger partial charge in [-0.1, -0.05) is 30.3 Å². The molecule has 2 aromatic carbocycles. The van der Waals surface area contributed by atoms with Gasteiger partial charge in [0.1, 0.15) is 12.6 Å². The largest absolute Gasteiger partial charge is 0.445 e. The number of anilines is 1. The van der Waals surface area contributed by atoms with E-state index in [-0.39, 0.29) is 18.3 Å². The number of ether oxygens (including phenoxy) is 1. The van der Waals surface area contributed by atoms with Crippen LogP contribution in [0.25, 0.3) is 0 Å². The minimum atomic E-state index is -0.768. The number of ketones is 1. The zero-order valence-corrected chi connectivity index (χ0v) is 14.1. The van der Waals surface area contributed by atoms with Gasteiger partial charge in [-0.15, -0.1) is 0 Å². The zero-order valence-electron chi connectivity index (χ0n) is 14.1. The maximum Gasteiger partial charge on any atom is 0.408 e. The number of hydrogen-bond donors (Lipinski definition) is 2. The summed E-state index contributed by atoms with van der Waals surface area (Å²) in [6, 6.07) is 15.0. The highest BCUT2D eigenvalue weighted by Crippen LogP contribution is 2.10. The molecule has 6 nitrogen and oxygen atoms in total. The number of nitrogens with one attached hydrogen (secondary N) is 2. The average molecular weight is 340 g/mol. The van der Waals surface area contributed by atoms with Gasteiger partial charge >= 0.3 is 6.09 Å². The van der Waals surface area contributed by atoms with Crippen LogP contribution in [0, 0.1) is 0 Å². The van der Waals surface area contributed by atoms with Crippen LogP contribution in [-0.2, 0) is 16.1 Å². The van der Waals surface area contributed by atoms with E-state index in [1.165, 1.54) is 6.92 Å². The van der Waals surface area contributed by atoms with Crippen molar-refractivity contribution in [3.63, 3.8) is 0 Å². The first-order valence-corrected chi connectivity index (χ1v) is 7.85. The molecule has 0 aliphatic heterocycles. The summed E-state index contributed by atoms with van der Waals surface area (Å²) in [6.07, 6.45) is -0.668. The third-order valence-electron chi connectivity index (χ3n) is 3.50. The first kappa shape index (κ1) is 18.2. The lowest BCUT2D eigenvalue weighted by Gasteiger charge is -2.14. The molecule has 1 atom stereocenters. The van der Waals surface area contributed by atoms with Gasteiger partial charge in [0.15, 0.2) is 5.78 Å². The van der Waals surface area contributed by atoms with Gasteiger partial charge in [0.25, 0.3) is 0 Å². The molecule has 0 saturated heterocycles. The van der Waals surface area contributed by atoms with E-state index in [0.717, 1.165) is 5.56 Å². The zero-order chi connectivity index (χ0) is 18.2. The van der Waals surface area contributed by atoms with Crippen LogP contribution < -0.4 is 10.6 Å². The van der Waals surface area contributed by atoms with E-state index in [4.69, 9.17) is 4.74 Å². The molecule has 130 valence electrons. The van der Waals surface area contributed by atoms with Gasteiger partial charge in [0.05, 0.1) is 0 Å². The Bertz CT molecular complexity index is 742. The van der Waals surface area contributed by atoms with Gasteiger partial charge in [-0.25, -0.2) is 4.79 Å². The Labute approximate surface area is 146 Å². The van der Waals surface area contributed by atoms with Crippen molar-refractivity contribution < 1.29 is 19.1 Å². The Kier molecular flexibility index (Phi) is 6.28. The van der Waals surface area contributed by atoms with Gasteiger partial charge in [-0.05, 0) is 43.7 Å². The third kappa shape index (κ3) is 5.76. The molecule has 0 aliphatic carbocycles. The van der Waals surface area contributed by atoms with Crippen molar-refractivity contribution >= 4 is 23.5 Å². The van der Waals surface area contributed by atoms with Gasteiger partial charge < -0.3 is 15.4 Å². The molecule has 25 heavy (non-hydrogen) atoms. The highest BCUT2D eigenvalue weighted by Gasteiger charge is 2.16. The maximum atomic E-state index is 12.1. The molecule has 0 unspecified atom stereocenters. The second kappa shape index (κ2) is 8.63. The molecule has 0 radical (unpaired) electrons. The molecule has 6 heteroatoms.